The molecule has 2 N–H and O–H groups in total. The predicted molar refractivity (Wildman–Crippen MR) is 138 cm³/mol. The minimum atomic E-state index is -1.53. The summed E-state index contributed by atoms with van der Waals surface area (Å²) in [6, 6.07) is 18.2. The van der Waals surface area contributed by atoms with E-state index in [4.69, 9.17) is 19.7 Å². The van der Waals surface area contributed by atoms with Crippen molar-refractivity contribution in [3.8, 4) is 11.5 Å². The number of nitrogens with zero attached hydrogens (tertiary/aromatic N) is 1. The lowest BCUT2D eigenvalue weighted by atomic mass is 10.0. The van der Waals surface area contributed by atoms with Crippen molar-refractivity contribution < 1.29 is 34.1 Å². The van der Waals surface area contributed by atoms with Gasteiger partial charge in [-0.15, -0.1) is 0 Å². The number of carbonyl (C=O) groups is 3. The molecule has 0 aliphatic heterocycles. The molecule has 0 bridgehead atoms. The van der Waals surface area contributed by atoms with Crippen LogP contribution in [-0.2, 0) is 16.1 Å². The van der Waals surface area contributed by atoms with E-state index in [1.165, 1.54) is 12.1 Å². The van der Waals surface area contributed by atoms with Gasteiger partial charge in [-0.25, -0.2) is 9.59 Å². The summed E-state index contributed by atoms with van der Waals surface area (Å²) in [5.41, 5.74) is 1.34. The standard InChI is InChI=1S/C27H21NO8S/c1-35-19-9-4-17(5-10-19)24(29)18-6-11-22-23(15-18)37-27(34)28(22)12-13-36-20-7-2-16(3-8-20)14-21(25(30)31)26(32)33/h2-11,14-15H,12-13H2,1H3,(H,30,31)(H,32,33). The lowest BCUT2D eigenvalue weighted by Crippen LogP contribution is -2.17. The Balaban J connectivity index is 1.44. The molecule has 0 aliphatic carbocycles. The summed E-state index contributed by atoms with van der Waals surface area (Å²) >= 11 is 1.05. The van der Waals surface area contributed by atoms with E-state index in [0.29, 0.717) is 38.4 Å². The predicted octanol–water partition coefficient (Wildman–Crippen LogP) is 3.93. The van der Waals surface area contributed by atoms with E-state index in [2.05, 4.69) is 0 Å². The lowest BCUT2D eigenvalue weighted by molar-refractivity contribution is -0.140. The Morgan fingerprint density at radius 2 is 1.51 bits per heavy atom. The zero-order valence-electron chi connectivity index (χ0n) is 19.5. The molecule has 0 spiro atoms. The Hall–Kier alpha value is -4.70. The number of benzene rings is 3. The van der Waals surface area contributed by atoms with Crippen LogP contribution in [0.4, 0.5) is 0 Å². The molecule has 3 aromatic carbocycles. The van der Waals surface area contributed by atoms with Gasteiger partial charge in [-0.05, 0) is 66.2 Å². The number of hydrogen-bond donors (Lipinski definition) is 2. The van der Waals surface area contributed by atoms with Gasteiger partial charge < -0.3 is 19.7 Å². The third-order valence-corrected chi connectivity index (χ3v) is 6.46. The molecular formula is C27H21NO8S. The largest absolute Gasteiger partial charge is 0.497 e. The fourth-order valence-electron chi connectivity index (χ4n) is 3.63. The second kappa shape index (κ2) is 10.9. The Morgan fingerprint density at radius 3 is 2.14 bits per heavy atom. The topological polar surface area (TPSA) is 132 Å². The van der Waals surface area contributed by atoms with E-state index in [0.717, 1.165) is 17.4 Å². The molecule has 0 unspecified atom stereocenters. The Labute approximate surface area is 214 Å². The molecule has 0 atom stereocenters. The maximum Gasteiger partial charge on any atom is 0.343 e. The van der Waals surface area contributed by atoms with Gasteiger partial charge in [-0.1, -0.05) is 23.5 Å². The zero-order valence-corrected chi connectivity index (χ0v) is 20.4. The molecule has 0 fully saturated rings. The zero-order chi connectivity index (χ0) is 26.5. The summed E-state index contributed by atoms with van der Waals surface area (Å²) in [6.45, 7) is 0.456. The van der Waals surface area contributed by atoms with Crippen molar-refractivity contribution in [2.75, 3.05) is 13.7 Å². The molecular weight excluding hydrogens is 498 g/mol. The van der Waals surface area contributed by atoms with Crippen LogP contribution in [0.3, 0.4) is 0 Å². The number of methoxy groups -OCH3 is 1. The van der Waals surface area contributed by atoms with E-state index in [9.17, 15) is 19.2 Å². The molecule has 0 saturated carbocycles. The molecule has 0 amide bonds. The number of carbonyl (C=O) groups excluding carboxylic acids is 1. The SMILES string of the molecule is COc1ccc(C(=O)c2ccc3c(c2)sc(=O)n3CCOc2ccc(C=C(C(=O)O)C(=O)O)cc2)cc1. The Morgan fingerprint density at radius 1 is 0.892 bits per heavy atom. The number of hydrogen-bond acceptors (Lipinski definition) is 7. The van der Waals surface area contributed by atoms with E-state index >= 15 is 0 Å². The van der Waals surface area contributed by atoms with Crippen molar-refractivity contribution in [1.82, 2.24) is 4.57 Å². The van der Waals surface area contributed by atoms with Gasteiger partial charge in [-0.2, -0.15) is 0 Å². The van der Waals surface area contributed by atoms with Gasteiger partial charge in [0.1, 0.15) is 23.7 Å². The Bertz CT molecular complexity index is 1550. The van der Waals surface area contributed by atoms with Crippen LogP contribution < -0.4 is 14.3 Å². The highest BCUT2D eigenvalue weighted by Gasteiger charge is 2.16. The van der Waals surface area contributed by atoms with Crippen LogP contribution in [0.15, 0.2) is 77.1 Å². The van der Waals surface area contributed by atoms with Gasteiger partial charge in [0.05, 0.1) is 23.9 Å². The summed E-state index contributed by atoms with van der Waals surface area (Å²) in [5, 5.41) is 17.9. The van der Waals surface area contributed by atoms with Gasteiger partial charge in [-0.3, -0.25) is 14.2 Å². The second-order valence-electron chi connectivity index (χ2n) is 7.85. The van der Waals surface area contributed by atoms with Crippen LogP contribution in [0.2, 0.25) is 0 Å². The smallest absolute Gasteiger partial charge is 0.343 e. The fraction of sp³-hybridized carbons (Fsp3) is 0.111. The number of ether oxygens (including phenoxy) is 2. The number of fused-ring (bicyclic) bond motifs is 1. The second-order valence-corrected chi connectivity index (χ2v) is 8.84. The summed E-state index contributed by atoms with van der Waals surface area (Å²) in [6.07, 6.45) is 1.05. The van der Waals surface area contributed by atoms with Crippen molar-refractivity contribution in [2.45, 2.75) is 6.54 Å². The van der Waals surface area contributed by atoms with Crippen LogP contribution in [0.5, 0.6) is 11.5 Å². The summed E-state index contributed by atoms with van der Waals surface area (Å²) in [4.78, 5) is 47.3. The van der Waals surface area contributed by atoms with E-state index in [1.54, 1.807) is 66.3 Å². The fourth-order valence-corrected chi connectivity index (χ4v) is 4.58. The highest BCUT2D eigenvalue weighted by Crippen LogP contribution is 2.22. The van der Waals surface area contributed by atoms with Crippen LogP contribution in [-0.4, -0.2) is 46.2 Å². The first kappa shape index (κ1) is 25.4. The summed E-state index contributed by atoms with van der Waals surface area (Å²) in [5.74, 6) is -2.08. The number of carboxylic acid groups (broad SMARTS) is 2. The first-order valence-corrected chi connectivity index (χ1v) is 11.8. The molecule has 1 aromatic heterocycles. The molecule has 0 aliphatic rings. The quantitative estimate of drug-likeness (QED) is 0.139. The van der Waals surface area contributed by atoms with Gasteiger partial charge >= 0.3 is 16.8 Å². The lowest BCUT2D eigenvalue weighted by Gasteiger charge is -2.08. The molecule has 188 valence electrons. The van der Waals surface area contributed by atoms with E-state index < -0.39 is 17.5 Å². The molecule has 0 radical (unpaired) electrons. The molecule has 9 nitrogen and oxygen atoms in total. The van der Waals surface area contributed by atoms with Crippen molar-refractivity contribution in [3.05, 3.63) is 98.7 Å². The molecule has 10 heteroatoms. The Kier molecular flexibility index (Phi) is 7.49. The molecule has 4 rings (SSSR count). The van der Waals surface area contributed by atoms with Crippen molar-refractivity contribution >= 4 is 45.4 Å². The number of rotatable bonds is 10. The molecule has 4 aromatic rings. The van der Waals surface area contributed by atoms with Gasteiger partial charge in [0.2, 0.25) is 0 Å². The monoisotopic (exact) mass is 519 g/mol. The molecule has 1 heterocycles. The minimum Gasteiger partial charge on any atom is -0.497 e. The number of thiazole rings is 1. The van der Waals surface area contributed by atoms with Gasteiger partial charge in [0.15, 0.2) is 5.78 Å². The normalized spacial score (nSPS) is 10.6. The van der Waals surface area contributed by atoms with Crippen molar-refractivity contribution in [2.24, 2.45) is 0 Å². The third-order valence-electron chi connectivity index (χ3n) is 5.52. The van der Waals surface area contributed by atoms with Crippen molar-refractivity contribution in [1.29, 1.82) is 0 Å². The van der Waals surface area contributed by atoms with Crippen molar-refractivity contribution in [3.63, 3.8) is 0 Å². The molecule has 37 heavy (non-hydrogen) atoms. The first-order valence-electron chi connectivity index (χ1n) is 11.0. The average Bonchev–Trinajstić information content (AvgIpc) is 3.21. The first-order chi connectivity index (χ1) is 17.8. The van der Waals surface area contributed by atoms with E-state index in [-0.39, 0.29) is 23.8 Å². The van der Waals surface area contributed by atoms with Crippen LogP contribution in [0, 0.1) is 0 Å². The van der Waals surface area contributed by atoms with Gasteiger partial charge in [0.25, 0.3) is 0 Å². The minimum absolute atomic E-state index is 0.155. The number of carboxylic acids is 2. The van der Waals surface area contributed by atoms with E-state index in [1.807, 2.05) is 0 Å². The maximum atomic E-state index is 12.9. The number of ketones is 1. The third kappa shape index (κ3) is 5.76. The summed E-state index contributed by atoms with van der Waals surface area (Å²) in [7, 11) is 1.55. The van der Waals surface area contributed by atoms with Crippen LogP contribution in [0.25, 0.3) is 16.3 Å². The maximum absolute atomic E-state index is 12.9. The van der Waals surface area contributed by atoms with Gasteiger partial charge in [0, 0.05) is 11.1 Å². The number of aromatic nitrogens is 1. The number of aliphatic carboxylic acids is 2. The summed E-state index contributed by atoms with van der Waals surface area (Å²) < 4.78 is 13.1. The van der Waals surface area contributed by atoms with Crippen LogP contribution in [0.1, 0.15) is 21.5 Å². The highest BCUT2D eigenvalue weighted by atomic mass is 32.1. The molecule has 0 saturated heterocycles. The average molecular weight is 520 g/mol. The highest BCUT2D eigenvalue weighted by molar-refractivity contribution is 7.16. The van der Waals surface area contributed by atoms with Crippen LogP contribution >= 0.6 is 11.3 Å².